The highest BCUT2D eigenvalue weighted by Gasteiger charge is 2.26. The van der Waals surface area contributed by atoms with E-state index < -0.39 is 0 Å². The van der Waals surface area contributed by atoms with Crippen LogP contribution in [0.3, 0.4) is 0 Å². The fourth-order valence-corrected chi connectivity index (χ4v) is 3.37. The number of rotatable bonds is 3. The SMILES string of the molecule is Cc1nc(NN)cc(N2CCN(C3CCCC3)CC2)n1. The second-order valence-corrected chi connectivity index (χ2v) is 5.76. The summed E-state index contributed by atoms with van der Waals surface area (Å²) in [4.78, 5) is 13.8. The summed E-state index contributed by atoms with van der Waals surface area (Å²) in [5.41, 5.74) is 2.61. The number of aryl methyl sites for hydroxylation is 1. The van der Waals surface area contributed by atoms with Crippen molar-refractivity contribution < 1.29 is 0 Å². The van der Waals surface area contributed by atoms with Gasteiger partial charge in [-0.2, -0.15) is 0 Å². The van der Waals surface area contributed by atoms with Gasteiger partial charge in [0.15, 0.2) is 0 Å². The first-order valence-corrected chi connectivity index (χ1v) is 7.57. The summed E-state index contributed by atoms with van der Waals surface area (Å²) in [6, 6.07) is 2.75. The average molecular weight is 276 g/mol. The van der Waals surface area contributed by atoms with Crippen molar-refractivity contribution in [1.82, 2.24) is 14.9 Å². The Morgan fingerprint density at radius 3 is 2.50 bits per heavy atom. The summed E-state index contributed by atoms with van der Waals surface area (Å²) in [6.45, 7) is 6.26. The summed E-state index contributed by atoms with van der Waals surface area (Å²) in [7, 11) is 0. The molecule has 3 N–H and O–H groups in total. The van der Waals surface area contributed by atoms with E-state index in [9.17, 15) is 0 Å². The van der Waals surface area contributed by atoms with Gasteiger partial charge in [0, 0.05) is 38.3 Å². The zero-order valence-corrected chi connectivity index (χ0v) is 12.2. The van der Waals surface area contributed by atoms with E-state index in [0.29, 0.717) is 5.82 Å². The second kappa shape index (κ2) is 5.93. The first kappa shape index (κ1) is 13.6. The molecule has 1 saturated heterocycles. The van der Waals surface area contributed by atoms with Crippen LogP contribution in [0, 0.1) is 6.92 Å². The van der Waals surface area contributed by atoms with E-state index in [1.165, 1.54) is 25.7 Å². The van der Waals surface area contributed by atoms with Crippen molar-refractivity contribution in [3.63, 3.8) is 0 Å². The number of nitrogens with two attached hydrogens (primary N) is 1. The number of anilines is 2. The quantitative estimate of drug-likeness (QED) is 0.637. The highest BCUT2D eigenvalue weighted by Crippen LogP contribution is 2.25. The van der Waals surface area contributed by atoms with E-state index in [0.717, 1.165) is 43.9 Å². The Morgan fingerprint density at radius 2 is 1.85 bits per heavy atom. The van der Waals surface area contributed by atoms with Crippen molar-refractivity contribution in [2.45, 2.75) is 38.6 Å². The lowest BCUT2D eigenvalue weighted by atomic mass is 10.2. The van der Waals surface area contributed by atoms with E-state index in [4.69, 9.17) is 5.84 Å². The van der Waals surface area contributed by atoms with E-state index in [-0.39, 0.29) is 0 Å². The Balaban J connectivity index is 1.64. The Labute approximate surface area is 120 Å². The standard InChI is InChI=1S/C14H24N6/c1-11-16-13(18-15)10-14(17-11)20-8-6-19(7-9-20)12-4-2-3-5-12/h10,12H,2-9,15H2,1H3,(H,16,17,18). The maximum absolute atomic E-state index is 5.45. The van der Waals surface area contributed by atoms with Crippen molar-refractivity contribution in [3.8, 4) is 0 Å². The summed E-state index contributed by atoms with van der Waals surface area (Å²) < 4.78 is 0. The van der Waals surface area contributed by atoms with Gasteiger partial charge in [-0.1, -0.05) is 12.8 Å². The molecule has 0 spiro atoms. The predicted octanol–water partition coefficient (Wildman–Crippen LogP) is 1.14. The molecule has 20 heavy (non-hydrogen) atoms. The molecule has 6 heteroatoms. The molecule has 0 atom stereocenters. The molecular formula is C14H24N6. The fourth-order valence-electron chi connectivity index (χ4n) is 3.37. The molecule has 6 nitrogen and oxygen atoms in total. The van der Waals surface area contributed by atoms with E-state index in [1.807, 2.05) is 13.0 Å². The largest absolute Gasteiger partial charge is 0.354 e. The Morgan fingerprint density at radius 1 is 1.15 bits per heavy atom. The Kier molecular flexibility index (Phi) is 4.03. The maximum atomic E-state index is 5.45. The van der Waals surface area contributed by atoms with Crippen LogP contribution in [0.15, 0.2) is 6.07 Å². The summed E-state index contributed by atoms with van der Waals surface area (Å²) in [5.74, 6) is 7.88. The van der Waals surface area contributed by atoms with Crippen molar-refractivity contribution >= 4 is 11.6 Å². The molecule has 1 aliphatic carbocycles. The highest BCUT2D eigenvalue weighted by atomic mass is 15.3. The molecule has 0 radical (unpaired) electrons. The van der Waals surface area contributed by atoms with Crippen LogP contribution in [0.4, 0.5) is 11.6 Å². The molecule has 2 aliphatic rings. The molecule has 0 amide bonds. The smallest absolute Gasteiger partial charge is 0.145 e. The third kappa shape index (κ3) is 2.86. The minimum atomic E-state index is 0.686. The first-order chi connectivity index (χ1) is 9.76. The zero-order valence-electron chi connectivity index (χ0n) is 12.2. The van der Waals surface area contributed by atoms with Gasteiger partial charge < -0.3 is 10.3 Å². The van der Waals surface area contributed by atoms with Crippen LogP contribution in [0.1, 0.15) is 31.5 Å². The van der Waals surface area contributed by atoms with Gasteiger partial charge in [0.25, 0.3) is 0 Å². The number of hydrogen-bond donors (Lipinski definition) is 2. The topological polar surface area (TPSA) is 70.3 Å². The fraction of sp³-hybridized carbons (Fsp3) is 0.714. The summed E-state index contributed by atoms with van der Waals surface area (Å²) >= 11 is 0. The Hall–Kier alpha value is -1.40. The molecule has 3 rings (SSSR count). The van der Waals surface area contributed by atoms with E-state index in [1.54, 1.807) is 0 Å². The molecule has 0 unspecified atom stereocenters. The lowest BCUT2D eigenvalue weighted by molar-refractivity contribution is 0.187. The van der Waals surface area contributed by atoms with Crippen LogP contribution in [0.25, 0.3) is 0 Å². The first-order valence-electron chi connectivity index (χ1n) is 7.57. The van der Waals surface area contributed by atoms with E-state index >= 15 is 0 Å². The molecular weight excluding hydrogens is 252 g/mol. The normalized spacial score (nSPS) is 21.4. The Bertz CT molecular complexity index is 449. The number of piperazine rings is 1. The second-order valence-electron chi connectivity index (χ2n) is 5.76. The average Bonchev–Trinajstić information content (AvgIpc) is 3.01. The summed E-state index contributed by atoms with van der Waals surface area (Å²) in [5, 5.41) is 0. The minimum Gasteiger partial charge on any atom is -0.354 e. The minimum absolute atomic E-state index is 0.686. The van der Waals surface area contributed by atoms with Gasteiger partial charge in [-0.3, -0.25) is 4.90 Å². The van der Waals surface area contributed by atoms with Gasteiger partial charge >= 0.3 is 0 Å². The van der Waals surface area contributed by atoms with Crippen LogP contribution in [-0.4, -0.2) is 47.1 Å². The molecule has 1 aliphatic heterocycles. The number of nitrogens with one attached hydrogen (secondary N) is 1. The predicted molar refractivity (Wildman–Crippen MR) is 80.6 cm³/mol. The van der Waals surface area contributed by atoms with Crippen LogP contribution < -0.4 is 16.2 Å². The number of aromatic nitrogens is 2. The molecule has 0 bridgehead atoms. The lowest BCUT2D eigenvalue weighted by Crippen LogP contribution is -2.50. The van der Waals surface area contributed by atoms with Gasteiger partial charge in [0.2, 0.25) is 0 Å². The summed E-state index contributed by atoms with van der Waals surface area (Å²) in [6.07, 6.45) is 5.57. The highest BCUT2D eigenvalue weighted by molar-refractivity contribution is 5.49. The lowest BCUT2D eigenvalue weighted by Gasteiger charge is -2.38. The molecule has 2 heterocycles. The van der Waals surface area contributed by atoms with E-state index in [2.05, 4.69) is 25.2 Å². The monoisotopic (exact) mass is 276 g/mol. The molecule has 0 aromatic carbocycles. The van der Waals surface area contributed by atoms with Gasteiger partial charge in [-0.15, -0.1) is 0 Å². The van der Waals surface area contributed by atoms with Crippen LogP contribution in [0.5, 0.6) is 0 Å². The van der Waals surface area contributed by atoms with Crippen molar-refractivity contribution in [2.24, 2.45) is 5.84 Å². The zero-order chi connectivity index (χ0) is 13.9. The van der Waals surface area contributed by atoms with Crippen LogP contribution >= 0.6 is 0 Å². The molecule has 1 aromatic heterocycles. The number of hydrogen-bond acceptors (Lipinski definition) is 6. The molecule has 1 saturated carbocycles. The van der Waals surface area contributed by atoms with Crippen LogP contribution in [-0.2, 0) is 0 Å². The van der Waals surface area contributed by atoms with Crippen molar-refractivity contribution in [2.75, 3.05) is 36.5 Å². The number of hydrazine groups is 1. The van der Waals surface area contributed by atoms with Gasteiger partial charge in [0.05, 0.1) is 0 Å². The third-order valence-electron chi connectivity index (χ3n) is 4.45. The molecule has 1 aromatic rings. The van der Waals surface area contributed by atoms with Gasteiger partial charge in [0.1, 0.15) is 17.5 Å². The molecule has 2 fully saturated rings. The van der Waals surface area contributed by atoms with Crippen LogP contribution in [0.2, 0.25) is 0 Å². The maximum Gasteiger partial charge on any atom is 0.145 e. The van der Waals surface area contributed by atoms with Gasteiger partial charge in [-0.25, -0.2) is 15.8 Å². The number of nitrogens with zero attached hydrogens (tertiary/aromatic N) is 4. The van der Waals surface area contributed by atoms with Gasteiger partial charge in [-0.05, 0) is 19.8 Å². The number of nitrogen functional groups attached to an aromatic ring is 1. The third-order valence-corrected chi connectivity index (χ3v) is 4.45. The van der Waals surface area contributed by atoms with Crippen molar-refractivity contribution in [1.29, 1.82) is 0 Å². The van der Waals surface area contributed by atoms with Crippen molar-refractivity contribution in [3.05, 3.63) is 11.9 Å². The molecule has 110 valence electrons.